The first kappa shape index (κ1) is 66.4. The van der Waals surface area contributed by atoms with Gasteiger partial charge >= 0.3 is 130 Å². The third kappa shape index (κ3) is 16.9. The summed E-state index contributed by atoms with van der Waals surface area (Å²) < 4.78 is 59.1. The molecule has 6 aromatic rings. The van der Waals surface area contributed by atoms with Crippen molar-refractivity contribution in [1.82, 2.24) is 49.7 Å². The van der Waals surface area contributed by atoms with Gasteiger partial charge in [-0.3, -0.25) is 19.8 Å². The van der Waals surface area contributed by atoms with E-state index in [1.807, 2.05) is 66.7 Å². The molecule has 26 nitrogen and oxygen atoms in total. The van der Waals surface area contributed by atoms with Crippen molar-refractivity contribution in [2.45, 2.75) is 69.9 Å². The molecule has 4 amide bonds. The molecule has 10 rings (SSSR count). The molecule has 3 aliphatic heterocycles. The molecule has 4 fully saturated rings. The van der Waals surface area contributed by atoms with Gasteiger partial charge < -0.3 is 67.3 Å². The Hall–Kier alpha value is -2.38. The number of nitrogens with zero attached hydrogens (tertiary/aromatic N) is 8. The number of imidazole rings is 2. The van der Waals surface area contributed by atoms with Crippen LogP contribution >= 0.6 is 15.6 Å². The number of phosphoric ester groups is 2. The molecular weight excluding hydrogens is 1100 g/mol. The zero-order chi connectivity index (χ0) is 52.0. The van der Waals surface area contributed by atoms with E-state index in [-0.39, 0.29) is 154 Å². The van der Waals surface area contributed by atoms with Crippen LogP contribution in [0.3, 0.4) is 0 Å². The second kappa shape index (κ2) is 30.3. The van der Waals surface area contributed by atoms with E-state index >= 15 is 0 Å². The number of benzene rings is 2. The van der Waals surface area contributed by atoms with Gasteiger partial charge in [0.05, 0.1) is 47.6 Å². The molecule has 4 aliphatic rings. The second-order valence-electron chi connectivity index (χ2n) is 17.3. The first-order chi connectivity index (χ1) is 35.6. The van der Waals surface area contributed by atoms with E-state index in [1.165, 1.54) is 19.0 Å². The molecule has 32 heteroatoms. The summed E-state index contributed by atoms with van der Waals surface area (Å²) in [5.41, 5.74) is 3.52. The van der Waals surface area contributed by atoms with Crippen molar-refractivity contribution in [3.63, 3.8) is 0 Å². The Morgan fingerprint density at radius 3 is 1.59 bits per heavy atom. The number of carbonyl (C=O) groups excluding carboxylic acids is 2. The maximum atomic E-state index is 12.0. The minimum Gasteiger partial charge on any atom is -0.790 e. The molecule has 7 heterocycles. The number of hydrogen-bond acceptors (Lipinski definition) is 20. The molecule has 4 aromatic heterocycles. The first-order valence-corrected chi connectivity index (χ1v) is 26.4. The average molecular weight is 1150 g/mol. The predicted molar refractivity (Wildman–Crippen MR) is 255 cm³/mol. The van der Waals surface area contributed by atoms with Crippen LogP contribution in [0.5, 0.6) is 0 Å². The van der Waals surface area contributed by atoms with Gasteiger partial charge in [0, 0.05) is 19.0 Å². The van der Waals surface area contributed by atoms with Gasteiger partial charge in [-0.1, -0.05) is 78.9 Å². The molecule has 2 aromatic carbocycles. The maximum absolute atomic E-state index is 12.0. The number of carbonyl (C=O) groups is 2. The number of nitrogens with one attached hydrogen (secondary N) is 4. The Balaban J connectivity index is 0.000000273. The normalized spacial score (nSPS) is 24.2. The van der Waals surface area contributed by atoms with Crippen LogP contribution in [0.4, 0.5) is 21.2 Å². The summed E-state index contributed by atoms with van der Waals surface area (Å²) in [6.45, 7) is 3.57. The van der Waals surface area contributed by atoms with Gasteiger partial charge in [0.2, 0.25) is 0 Å². The maximum Gasteiger partial charge on any atom is 1.00 e. The third-order valence-electron chi connectivity index (χ3n) is 12.5. The molecule has 3 saturated heterocycles. The third-order valence-corrected chi connectivity index (χ3v) is 13.5. The Morgan fingerprint density at radius 1 is 0.615 bits per heavy atom. The van der Waals surface area contributed by atoms with Gasteiger partial charge in [-0.2, -0.15) is 0 Å². The minimum atomic E-state index is -5.24. The number of fused-ring (bicyclic) bond motifs is 4. The van der Waals surface area contributed by atoms with Crippen LogP contribution in [-0.2, 0) is 37.1 Å². The molecule has 392 valence electrons. The van der Waals surface area contributed by atoms with Crippen LogP contribution in [0, 0.1) is 17.8 Å². The molecule has 1 aliphatic carbocycles. The molecule has 0 bridgehead atoms. The fourth-order valence-electron chi connectivity index (χ4n) is 9.46. The Morgan fingerprint density at radius 2 is 1.08 bits per heavy atom. The SMILES string of the molecule is CCNC(=O)Nc1ncnc2c1ncn2[C@@H]1O[C@H](COP(=O)([O-])[O-])C2C[C@H](/C=C/c3ccccc3)C[C@@H]21.CCNC(=O)Nc1ncnc2c1ncn2[C@@H]1O[C@H](COP(=O)([O-])[O-])C2O[C@H](/C=C/c3ccccc3)O[C@@H]21.[Na+].[Na+].[Na+].[Na+]. The monoisotopic (exact) mass is 1150 g/mol. The van der Waals surface area contributed by atoms with E-state index in [0.29, 0.717) is 35.4 Å². The van der Waals surface area contributed by atoms with Gasteiger partial charge in [-0.25, -0.2) is 39.5 Å². The standard InChI is InChI=1S/C24H29N6O6P.C22H25N6O8P.4Na/c1-2-25-24(31)29-21-20-22(27-13-26-21)30(14-28-20)23-18-11-16(9-8-15-6-4-3-5-7-15)10-17(18)19(36-23)12-35-37(32,33)34;1-2-23-22(29)27-19-16-20(25-11-24-19)28(12-26-16)21-18-17(14(34-21)10-33-37(30,31)32)35-15(36-18)9-8-13-6-4-3-5-7-13;;;;/h3-9,13-14,16-19,23H,2,10-12H2,1H3,(H2,32,33,34)(H2,25,26,27,29,31);3-9,11-12,14-15,17-18,21H,2,10H2,1H3,(H2,30,31,32)(H2,23,24,25,27,29);;;;/q;;4*+1/p-4/b2*9-8+;;;;/t16-,17?,18-,19+,23+;14-,15+,17?,18+,21-;;;;/m01..../s1. The summed E-state index contributed by atoms with van der Waals surface area (Å²) >= 11 is 0. The predicted octanol–water partition coefficient (Wildman–Crippen LogP) is -9.38. The van der Waals surface area contributed by atoms with Gasteiger partial charge in [-0.15, -0.1) is 0 Å². The summed E-state index contributed by atoms with van der Waals surface area (Å²) in [5.74, 6) is 0.653. The Labute approximate surface area is 536 Å². The van der Waals surface area contributed by atoms with Gasteiger partial charge in [0.1, 0.15) is 37.2 Å². The summed E-state index contributed by atoms with van der Waals surface area (Å²) in [6.07, 6.45) is 9.81. The molecule has 78 heavy (non-hydrogen) atoms. The van der Waals surface area contributed by atoms with Gasteiger partial charge in [-0.05, 0) is 55.7 Å². The van der Waals surface area contributed by atoms with E-state index < -0.39 is 77.5 Å². The van der Waals surface area contributed by atoms with Gasteiger partial charge in [0.15, 0.2) is 46.5 Å². The molecule has 10 atom stereocenters. The number of ether oxygens (including phenoxy) is 4. The van der Waals surface area contributed by atoms with Crippen molar-refractivity contribution < 1.29 is 185 Å². The quantitative estimate of drug-likeness (QED) is 0.0516. The zero-order valence-electron chi connectivity index (χ0n) is 43.6. The van der Waals surface area contributed by atoms with Crippen LogP contribution in [0.2, 0.25) is 0 Å². The number of allylic oxidation sites excluding steroid dienone is 1. The van der Waals surface area contributed by atoms with Crippen LogP contribution in [0.1, 0.15) is 50.3 Å². The molecule has 1 saturated carbocycles. The number of phosphoric acid groups is 2. The number of hydrogen-bond donors (Lipinski definition) is 4. The van der Waals surface area contributed by atoms with E-state index in [1.54, 1.807) is 35.4 Å². The number of urea groups is 2. The van der Waals surface area contributed by atoms with E-state index in [0.717, 1.165) is 24.0 Å². The minimum absolute atomic E-state index is 0. The summed E-state index contributed by atoms with van der Waals surface area (Å²) in [6, 6.07) is 18.6. The smallest absolute Gasteiger partial charge is 0.790 e. The molecule has 4 N–H and O–H groups in total. The van der Waals surface area contributed by atoms with E-state index in [9.17, 15) is 38.3 Å². The van der Waals surface area contributed by atoms with Gasteiger partial charge in [0.25, 0.3) is 0 Å². The molecule has 0 radical (unpaired) electrons. The van der Waals surface area contributed by atoms with Crippen molar-refractivity contribution in [2.24, 2.45) is 17.8 Å². The van der Waals surface area contributed by atoms with Crippen LogP contribution in [0.15, 0.2) is 98.1 Å². The van der Waals surface area contributed by atoms with Crippen molar-refractivity contribution in [3.8, 4) is 0 Å². The Bertz CT molecular complexity index is 2890. The van der Waals surface area contributed by atoms with Crippen LogP contribution < -0.4 is 159 Å². The molecular formula is C46H50N12Na4O14P2. The summed E-state index contributed by atoms with van der Waals surface area (Å²) in [7, 11) is -10.4. The van der Waals surface area contributed by atoms with E-state index in [2.05, 4.69) is 72.4 Å². The zero-order valence-corrected chi connectivity index (χ0v) is 53.4. The van der Waals surface area contributed by atoms with Crippen molar-refractivity contribution in [2.75, 3.05) is 36.9 Å². The van der Waals surface area contributed by atoms with Crippen LogP contribution in [-0.4, -0.2) is 108 Å². The Kier molecular flexibility index (Phi) is 25.8. The average Bonchev–Trinajstić information content (AvgIpc) is 4.24. The summed E-state index contributed by atoms with van der Waals surface area (Å²) in [4.78, 5) is 94.2. The number of aromatic nitrogens is 8. The fraction of sp³-hybridized carbons (Fsp3) is 0.391. The topological polar surface area (TPSA) is 351 Å². The van der Waals surface area contributed by atoms with Crippen molar-refractivity contribution >= 4 is 73.8 Å². The second-order valence-corrected chi connectivity index (χ2v) is 19.7. The largest absolute Gasteiger partial charge is 1.00 e. The fourth-order valence-corrected chi connectivity index (χ4v) is 10.1. The van der Waals surface area contributed by atoms with Crippen molar-refractivity contribution in [1.29, 1.82) is 0 Å². The van der Waals surface area contributed by atoms with E-state index in [4.69, 9.17) is 18.9 Å². The summed E-state index contributed by atoms with van der Waals surface area (Å²) in [5, 5.41) is 10.5. The number of rotatable bonds is 16. The van der Waals surface area contributed by atoms with Crippen LogP contribution in [0.25, 0.3) is 34.5 Å². The first-order valence-electron chi connectivity index (χ1n) is 23.5. The van der Waals surface area contributed by atoms with Crippen molar-refractivity contribution in [3.05, 3.63) is 109 Å². The number of anilines is 2. The molecule has 2 unspecified atom stereocenters. The number of amides is 4. The molecule has 0 spiro atoms.